The summed E-state index contributed by atoms with van der Waals surface area (Å²) in [5.41, 5.74) is 3.44. The second kappa shape index (κ2) is 10.6. The van der Waals surface area contributed by atoms with Gasteiger partial charge in [-0.15, -0.1) is 0 Å². The number of carbonyl (C=O) groups is 1. The molecule has 4 rings (SSSR count). The third-order valence-corrected chi connectivity index (χ3v) is 5.45. The number of benzene rings is 3. The van der Waals surface area contributed by atoms with Crippen LogP contribution in [-0.4, -0.2) is 41.9 Å². The van der Waals surface area contributed by atoms with E-state index < -0.39 is 0 Å². The van der Waals surface area contributed by atoms with E-state index >= 15 is 0 Å². The molecule has 0 bridgehead atoms. The first-order chi connectivity index (χ1) is 15.3. The molecule has 3 aromatic rings. The molecule has 0 aliphatic carbocycles. The van der Waals surface area contributed by atoms with Crippen molar-refractivity contribution in [2.75, 3.05) is 26.2 Å². The number of amides is 1. The summed E-state index contributed by atoms with van der Waals surface area (Å²) in [4.78, 5) is 16.8. The summed E-state index contributed by atoms with van der Waals surface area (Å²) in [6, 6.07) is 28.4. The average Bonchev–Trinajstić information content (AvgIpc) is 2.83. The highest BCUT2D eigenvalue weighted by Gasteiger charge is 2.19. The molecule has 0 unspecified atom stereocenters. The predicted molar refractivity (Wildman–Crippen MR) is 125 cm³/mol. The number of carbonyl (C=O) groups excluding carboxylic acids is 1. The molecular weight excluding hydrogens is 384 g/mol. The Kier molecular flexibility index (Phi) is 7.14. The third-order valence-electron chi connectivity index (χ3n) is 5.45. The number of nitrogens with zero attached hydrogens (tertiary/aromatic N) is 2. The maximum absolute atomic E-state index is 12.5. The fourth-order valence-corrected chi connectivity index (χ4v) is 3.70. The first-order valence-electron chi connectivity index (χ1n) is 10.8. The van der Waals surface area contributed by atoms with E-state index in [0.717, 1.165) is 49.6 Å². The van der Waals surface area contributed by atoms with Crippen LogP contribution in [0.2, 0.25) is 0 Å². The highest BCUT2D eigenvalue weighted by Crippen LogP contribution is 2.17. The van der Waals surface area contributed by atoms with Gasteiger partial charge in [0, 0.05) is 38.8 Å². The molecule has 158 valence electrons. The van der Waals surface area contributed by atoms with Crippen LogP contribution in [-0.2, 0) is 17.9 Å². The number of rotatable bonds is 7. The molecule has 0 atom stereocenters. The fraction of sp³-hybridized carbons (Fsp3) is 0.222. The first kappa shape index (κ1) is 20.9. The minimum absolute atomic E-state index is 0.0832. The lowest BCUT2D eigenvalue weighted by Crippen LogP contribution is -2.47. The van der Waals surface area contributed by atoms with E-state index in [4.69, 9.17) is 4.74 Å². The molecule has 0 N–H and O–H groups in total. The number of ether oxygens (including phenoxy) is 1. The second-order valence-corrected chi connectivity index (χ2v) is 7.77. The normalized spacial score (nSPS) is 14.6. The molecule has 31 heavy (non-hydrogen) atoms. The van der Waals surface area contributed by atoms with Crippen LogP contribution in [0.15, 0.2) is 91.0 Å². The zero-order valence-electron chi connectivity index (χ0n) is 17.7. The lowest BCUT2D eigenvalue weighted by atomic mass is 10.1. The summed E-state index contributed by atoms with van der Waals surface area (Å²) in [5, 5.41) is 0. The molecule has 1 aliphatic rings. The zero-order chi connectivity index (χ0) is 21.3. The van der Waals surface area contributed by atoms with Gasteiger partial charge in [0.25, 0.3) is 0 Å². The van der Waals surface area contributed by atoms with Gasteiger partial charge in [0.2, 0.25) is 5.91 Å². The predicted octanol–water partition coefficient (Wildman–Crippen LogP) is 4.62. The van der Waals surface area contributed by atoms with Crippen LogP contribution < -0.4 is 4.74 Å². The molecule has 4 nitrogen and oxygen atoms in total. The van der Waals surface area contributed by atoms with Crippen molar-refractivity contribution in [3.05, 3.63) is 108 Å². The molecule has 1 aliphatic heterocycles. The topological polar surface area (TPSA) is 32.8 Å². The Morgan fingerprint density at radius 3 is 2.23 bits per heavy atom. The van der Waals surface area contributed by atoms with E-state index in [1.165, 1.54) is 5.56 Å². The lowest BCUT2D eigenvalue weighted by Gasteiger charge is -2.34. The maximum Gasteiger partial charge on any atom is 0.246 e. The summed E-state index contributed by atoms with van der Waals surface area (Å²) >= 11 is 0. The van der Waals surface area contributed by atoms with Gasteiger partial charge in [-0.3, -0.25) is 9.69 Å². The molecular formula is C27H28N2O2. The third kappa shape index (κ3) is 6.30. The van der Waals surface area contributed by atoms with Crippen molar-refractivity contribution in [3.63, 3.8) is 0 Å². The highest BCUT2D eigenvalue weighted by molar-refractivity contribution is 5.91. The van der Waals surface area contributed by atoms with E-state index in [1.54, 1.807) is 6.08 Å². The molecule has 0 saturated carbocycles. The standard InChI is InChI=1S/C27H28N2O2/c30-27(15-14-23-8-3-1-4-9-23)29-18-16-28(17-19-29)21-25-12-7-13-26(20-25)31-22-24-10-5-2-6-11-24/h1-15,20H,16-19,21-22H2/b15-14+. The summed E-state index contributed by atoms with van der Waals surface area (Å²) in [6.07, 6.45) is 3.56. The van der Waals surface area contributed by atoms with Gasteiger partial charge in [-0.1, -0.05) is 72.8 Å². The Morgan fingerprint density at radius 1 is 0.806 bits per heavy atom. The van der Waals surface area contributed by atoms with E-state index in [2.05, 4.69) is 29.2 Å². The second-order valence-electron chi connectivity index (χ2n) is 7.77. The summed E-state index contributed by atoms with van der Waals surface area (Å²) in [7, 11) is 0. The Hall–Kier alpha value is -3.37. The summed E-state index contributed by atoms with van der Waals surface area (Å²) in [5.74, 6) is 0.973. The Labute approximate surface area is 184 Å². The van der Waals surface area contributed by atoms with Crippen LogP contribution in [0.4, 0.5) is 0 Å². The molecule has 4 heteroatoms. The van der Waals surface area contributed by atoms with Gasteiger partial charge in [0.1, 0.15) is 12.4 Å². The molecule has 0 spiro atoms. The van der Waals surface area contributed by atoms with Crippen molar-refractivity contribution >= 4 is 12.0 Å². The summed E-state index contributed by atoms with van der Waals surface area (Å²) in [6.45, 7) is 4.69. The lowest BCUT2D eigenvalue weighted by molar-refractivity contribution is -0.127. The maximum atomic E-state index is 12.5. The van der Waals surface area contributed by atoms with E-state index in [1.807, 2.05) is 71.6 Å². The van der Waals surface area contributed by atoms with Crippen LogP contribution in [0.25, 0.3) is 6.08 Å². The van der Waals surface area contributed by atoms with Crippen LogP contribution in [0.1, 0.15) is 16.7 Å². The van der Waals surface area contributed by atoms with Crippen molar-refractivity contribution in [1.29, 1.82) is 0 Å². The van der Waals surface area contributed by atoms with E-state index in [9.17, 15) is 4.79 Å². The van der Waals surface area contributed by atoms with Crippen LogP contribution in [0.5, 0.6) is 5.75 Å². The molecule has 3 aromatic carbocycles. The molecule has 1 amide bonds. The first-order valence-corrected chi connectivity index (χ1v) is 10.8. The van der Waals surface area contributed by atoms with Crippen molar-refractivity contribution in [2.24, 2.45) is 0 Å². The summed E-state index contributed by atoms with van der Waals surface area (Å²) < 4.78 is 5.95. The van der Waals surface area contributed by atoms with Gasteiger partial charge >= 0.3 is 0 Å². The van der Waals surface area contributed by atoms with Crippen LogP contribution in [0.3, 0.4) is 0 Å². The minimum Gasteiger partial charge on any atom is -0.489 e. The molecule has 1 fully saturated rings. The van der Waals surface area contributed by atoms with E-state index in [0.29, 0.717) is 6.61 Å². The minimum atomic E-state index is 0.0832. The van der Waals surface area contributed by atoms with Crippen LogP contribution in [0, 0.1) is 0 Å². The number of hydrogen-bond acceptors (Lipinski definition) is 3. The van der Waals surface area contributed by atoms with Gasteiger partial charge < -0.3 is 9.64 Å². The van der Waals surface area contributed by atoms with Crippen molar-refractivity contribution < 1.29 is 9.53 Å². The molecule has 0 aromatic heterocycles. The SMILES string of the molecule is O=C(/C=C/c1ccccc1)N1CCN(Cc2cccc(OCc3ccccc3)c2)CC1. The Morgan fingerprint density at radius 2 is 1.48 bits per heavy atom. The highest BCUT2D eigenvalue weighted by atomic mass is 16.5. The largest absolute Gasteiger partial charge is 0.489 e. The van der Waals surface area contributed by atoms with Gasteiger partial charge in [0.15, 0.2) is 0 Å². The van der Waals surface area contributed by atoms with Crippen molar-refractivity contribution in [3.8, 4) is 5.75 Å². The number of piperazine rings is 1. The van der Waals surface area contributed by atoms with Gasteiger partial charge in [0.05, 0.1) is 0 Å². The fourth-order valence-electron chi connectivity index (χ4n) is 3.70. The molecule has 1 saturated heterocycles. The average molecular weight is 413 g/mol. The van der Waals surface area contributed by atoms with Crippen molar-refractivity contribution in [2.45, 2.75) is 13.2 Å². The molecule has 1 heterocycles. The van der Waals surface area contributed by atoms with Crippen LogP contribution >= 0.6 is 0 Å². The van der Waals surface area contributed by atoms with E-state index in [-0.39, 0.29) is 5.91 Å². The van der Waals surface area contributed by atoms with Gasteiger partial charge in [-0.05, 0) is 34.9 Å². The van der Waals surface area contributed by atoms with Gasteiger partial charge in [-0.25, -0.2) is 0 Å². The Balaban J connectivity index is 1.25. The van der Waals surface area contributed by atoms with Crippen molar-refractivity contribution in [1.82, 2.24) is 9.80 Å². The smallest absolute Gasteiger partial charge is 0.246 e. The Bertz CT molecular complexity index is 994. The number of hydrogen-bond donors (Lipinski definition) is 0. The monoisotopic (exact) mass is 412 g/mol. The molecule has 0 radical (unpaired) electrons. The zero-order valence-corrected chi connectivity index (χ0v) is 17.7. The quantitative estimate of drug-likeness (QED) is 0.531. The van der Waals surface area contributed by atoms with Gasteiger partial charge in [-0.2, -0.15) is 0 Å².